The lowest BCUT2D eigenvalue weighted by Crippen LogP contribution is -2.34. The fourth-order valence-electron chi connectivity index (χ4n) is 1.14. The molecule has 0 radical (unpaired) electrons. The topological polar surface area (TPSA) is 55.4 Å². The number of hydrogen-bond acceptors (Lipinski definition) is 3. The highest BCUT2D eigenvalue weighted by Gasteiger charge is 2.15. The van der Waals surface area contributed by atoms with Crippen LogP contribution in [0.5, 0.6) is 0 Å². The molecule has 5 heteroatoms. The van der Waals surface area contributed by atoms with E-state index in [-0.39, 0.29) is 6.04 Å². The molecular weight excluding hydrogens is 178 g/mol. The molecule has 12 heavy (non-hydrogen) atoms. The Balaban J connectivity index is 2.50. The fourth-order valence-corrected chi connectivity index (χ4v) is 1.81. The average Bonchev–Trinajstić information content (AvgIpc) is 2.06. The van der Waals surface area contributed by atoms with E-state index in [9.17, 15) is 8.42 Å². The van der Waals surface area contributed by atoms with Crippen molar-refractivity contribution in [3.05, 3.63) is 12.2 Å². The van der Waals surface area contributed by atoms with Crippen molar-refractivity contribution in [2.24, 2.45) is 0 Å². The fraction of sp³-hybridized carbons (Fsp3) is 0.714. The lowest BCUT2D eigenvalue weighted by atomic mass is 10.0. The molecule has 70 valence electrons. The second kappa shape index (κ2) is 4.02. The summed E-state index contributed by atoms with van der Waals surface area (Å²) in [6.45, 7) is 0. The monoisotopic (exact) mass is 191 g/mol. The van der Waals surface area contributed by atoms with Gasteiger partial charge in [0.1, 0.15) is 0 Å². The number of nitrogens with one attached hydrogen (secondary N) is 1. The lowest BCUT2D eigenvalue weighted by molar-refractivity contribution is 0.380. The Bertz CT molecular complexity index is 258. The summed E-state index contributed by atoms with van der Waals surface area (Å²) in [7, 11) is -2.37. The van der Waals surface area contributed by atoms with Gasteiger partial charge in [0.15, 0.2) is 0 Å². The maximum atomic E-state index is 10.9. The molecule has 0 saturated heterocycles. The van der Waals surface area contributed by atoms with Crippen molar-refractivity contribution < 1.29 is 12.6 Å². The zero-order valence-corrected chi connectivity index (χ0v) is 7.80. The molecule has 4 nitrogen and oxygen atoms in total. The van der Waals surface area contributed by atoms with Crippen LogP contribution in [0.25, 0.3) is 0 Å². The van der Waals surface area contributed by atoms with Gasteiger partial charge in [0.2, 0.25) is 0 Å². The Morgan fingerprint density at radius 1 is 1.58 bits per heavy atom. The Kier molecular flexibility index (Phi) is 3.25. The predicted octanol–water partition coefficient (Wildman–Crippen LogP) is 0.576. The zero-order valence-electron chi connectivity index (χ0n) is 6.99. The molecule has 1 rings (SSSR count). The molecule has 1 aliphatic rings. The molecule has 1 atom stereocenters. The maximum absolute atomic E-state index is 10.9. The molecule has 1 unspecified atom stereocenters. The highest BCUT2D eigenvalue weighted by Crippen LogP contribution is 2.10. The van der Waals surface area contributed by atoms with Crippen molar-refractivity contribution in [1.29, 1.82) is 0 Å². The third-order valence-corrected chi connectivity index (χ3v) is 2.80. The van der Waals surface area contributed by atoms with Crippen molar-refractivity contribution >= 4 is 10.3 Å². The standard InChI is InChI=1S/C7H13NO3S/c1-11-12(9,10)8-7-5-3-2-4-6-7/h3,5,7-8H,2,4,6H2,1H3. The highest BCUT2D eigenvalue weighted by molar-refractivity contribution is 7.84. The van der Waals surface area contributed by atoms with E-state index in [1.807, 2.05) is 12.2 Å². The third-order valence-electron chi connectivity index (χ3n) is 1.77. The van der Waals surface area contributed by atoms with Crippen LogP contribution in [0.1, 0.15) is 19.3 Å². The molecule has 0 aromatic carbocycles. The van der Waals surface area contributed by atoms with Gasteiger partial charge in [-0.25, -0.2) is 0 Å². The molecule has 1 aliphatic carbocycles. The molecule has 0 aromatic heterocycles. The van der Waals surface area contributed by atoms with Crippen LogP contribution in [0.4, 0.5) is 0 Å². The first-order valence-electron chi connectivity index (χ1n) is 3.88. The Labute approximate surface area is 72.9 Å². The maximum Gasteiger partial charge on any atom is 0.336 e. The molecule has 0 heterocycles. The largest absolute Gasteiger partial charge is 0.336 e. The summed E-state index contributed by atoms with van der Waals surface area (Å²) >= 11 is 0. The van der Waals surface area contributed by atoms with E-state index in [0.717, 1.165) is 26.4 Å². The normalized spacial score (nSPS) is 24.2. The van der Waals surface area contributed by atoms with E-state index in [4.69, 9.17) is 0 Å². The average molecular weight is 191 g/mol. The number of hydrogen-bond donors (Lipinski definition) is 1. The van der Waals surface area contributed by atoms with E-state index in [0.29, 0.717) is 0 Å². The molecule has 0 fully saturated rings. The Hall–Kier alpha value is -0.390. The summed E-state index contributed by atoms with van der Waals surface area (Å²) in [5.41, 5.74) is 0. The molecule has 0 aromatic rings. The summed E-state index contributed by atoms with van der Waals surface area (Å²) < 4.78 is 28.5. The Morgan fingerprint density at radius 2 is 2.33 bits per heavy atom. The predicted molar refractivity (Wildman–Crippen MR) is 45.8 cm³/mol. The van der Waals surface area contributed by atoms with Gasteiger partial charge in [-0.3, -0.25) is 4.18 Å². The van der Waals surface area contributed by atoms with Gasteiger partial charge in [-0.05, 0) is 19.3 Å². The zero-order chi connectivity index (χ0) is 9.03. The molecule has 0 amide bonds. The lowest BCUT2D eigenvalue weighted by Gasteiger charge is -2.16. The van der Waals surface area contributed by atoms with Crippen molar-refractivity contribution in [3.8, 4) is 0 Å². The van der Waals surface area contributed by atoms with E-state index >= 15 is 0 Å². The van der Waals surface area contributed by atoms with Crippen LogP contribution in [0.2, 0.25) is 0 Å². The quantitative estimate of drug-likeness (QED) is 0.664. The van der Waals surface area contributed by atoms with Crippen molar-refractivity contribution in [2.45, 2.75) is 25.3 Å². The van der Waals surface area contributed by atoms with Gasteiger partial charge in [-0.15, -0.1) is 0 Å². The first-order valence-corrected chi connectivity index (χ1v) is 5.29. The second-order valence-electron chi connectivity index (χ2n) is 2.70. The number of rotatable bonds is 3. The highest BCUT2D eigenvalue weighted by atomic mass is 32.2. The minimum Gasteiger partial charge on any atom is -0.261 e. The summed E-state index contributed by atoms with van der Waals surface area (Å²) in [6.07, 6.45) is 6.74. The van der Waals surface area contributed by atoms with Crippen LogP contribution in [-0.4, -0.2) is 21.6 Å². The van der Waals surface area contributed by atoms with Crippen molar-refractivity contribution in [2.75, 3.05) is 7.11 Å². The Morgan fingerprint density at radius 3 is 2.83 bits per heavy atom. The second-order valence-corrected chi connectivity index (χ2v) is 4.18. The van der Waals surface area contributed by atoms with Crippen LogP contribution in [0, 0.1) is 0 Å². The molecule has 0 bridgehead atoms. The SMILES string of the molecule is COS(=O)(=O)NC1C=CCCC1. The van der Waals surface area contributed by atoms with Gasteiger partial charge in [0.25, 0.3) is 0 Å². The molecule has 0 spiro atoms. The van der Waals surface area contributed by atoms with Crippen LogP contribution >= 0.6 is 0 Å². The smallest absolute Gasteiger partial charge is 0.261 e. The summed E-state index contributed by atoms with van der Waals surface area (Å²) in [6, 6.07) is -0.0938. The summed E-state index contributed by atoms with van der Waals surface area (Å²) in [4.78, 5) is 0. The van der Waals surface area contributed by atoms with E-state index in [1.165, 1.54) is 0 Å². The number of allylic oxidation sites excluding steroid dienone is 1. The van der Waals surface area contributed by atoms with Crippen molar-refractivity contribution in [1.82, 2.24) is 4.72 Å². The van der Waals surface area contributed by atoms with Gasteiger partial charge in [-0.1, -0.05) is 12.2 Å². The minimum absolute atomic E-state index is 0.0938. The van der Waals surface area contributed by atoms with Crippen LogP contribution in [0.3, 0.4) is 0 Å². The molecular formula is C7H13NO3S. The van der Waals surface area contributed by atoms with Gasteiger partial charge in [-0.2, -0.15) is 13.1 Å². The minimum atomic E-state index is -3.52. The third kappa shape index (κ3) is 2.92. The van der Waals surface area contributed by atoms with E-state index in [2.05, 4.69) is 8.91 Å². The molecule has 0 saturated carbocycles. The molecule has 1 N–H and O–H groups in total. The van der Waals surface area contributed by atoms with Gasteiger partial charge >= 0.3 is 10.3 Å². The van der Waals surface area contributed by atoms with Crippen molar-refractivity contribution in [3.63, 3.8) is 0 Å². The first kappa shape index (κ1) is 9.70. The summed E-state index contributed by atoms with van der Waals surface area (Å²) in [5, 5.41) is 0. The van der Waals surface area contributed by atoms with Gasteiger partial charge < -0.3 is 0 Å². The summed E-state index contributed by atoms with van der Waals surface area (Å²) in [5.74, 6) is 0. The molecule has 0 aliphatic heterocycles. The first-order chi connectivity index (χ1) is 5.64. The van der Waals surface area contributed by atoms with Crippen LogP contribution in [0.15, 0.2) is 12.2 Å². The van der Waals surface area contributed by atoms with E-state index in [1.54, 1.807) is 0 Å². The van der Waals surface area contributed by atoms with E-state index < -0.39 is 10.3 Å². The van der Waals surface area contributed by atoms with Gasteiger partial charge in [0, 0.05) is 6.04 Å². The van der Waals surface area contributed by atoms with Crippen LogP contribution < -0.4 is 4.72 Å². The van der Waals surface area contributed by atoms with Crippen LogP contribution in [-0.2, 0) is 14.5 Å². The van der Waals surface area contributed by atoms with Gasteiger partial charge in [0.05, 0.1) is 7.11 Å².